The second kappa shape index (κ2) is 3.58. The first-order valence-electron chi connectivity index (χ1n) is 4.82. The molecule has 2 aliphatic rings. The van der Waals surface area contributed by atoms with Gasteiger partial charge in [0, 0.05) is 26.2 Å². The third kappa shape index (κ3) is 1.54. The highest BCUT2D eigenvalue weighted by molar-refractivity contribution is 4.97. The monoisotopic (exact) mass is 167 g/mol. The molecule has 0 amide bonds. The van der Waals surface area contributed by atoms with E-state index in [9.17, 15) is 0 Å². The third-order valence-electron chi connectivity index (χ3n) is 3.01. The Bertz CT molecular complexity index is 173. The Morgan fingerprint density at radius 1 is 1.33 bits per heavy atom. The summed E-state index contributed by atoms with van der Waals surface area (Å²) < 4.78 is 5.26. The van der Waals surface area contributed by atoms with Crippen molar-refractivity contribution in [3.8, 4) is 0 Å². The van der Waals surface area contributed by atoms with Gasteiger partial charge in [-0.3, -0.25) is 4.90 Å². The van der Waals surface area contributed by atoms with E-state index in [-0.39, 0.29) is 0 Å². The molecule has 1 aliphatic heterocycles. The average Bonchev–Trinajstić information content (AvgIpc) is 2.04. The summed E-state index contributed by atoms with van der Waals surface area (Å²) in [6.45, 7) is 2.40. The Morgan fingerprint density at radius 2 is 2.17 bits per heavy atom. The number of hydrogen-bond acceptors (Lipinski definition) is 2. The van der Waals surface area contributed by atoms with Crippen LogP contribution in [0.5, 0.6) is 0 Å². The van der Waals surface area contributed by atoms with Crippen LogP contribution in [-0.4, -0.2) is 37.2 Å². The van der Waals surface area contributed by atoms with Crippen molar-refractivity contribution in [1.29, 1.82) is 0 Å². The first kappa shape index (κ1) is 8.27. The van der Waals surface area contributed by atoms with Crippen LogP contribution in [0.2, 0.25) is 0 Å². The Hall–Kier alpha value is -0.340. The molecule has 1 saturated carbocycles. The molecule has 68 valence electrons. The van der Waals surface area contributed by atoms with Gasteiger partial charge < -0.3 is 4.74 Å². The summed E-state index contributed by atoms with van der Waals surface area (Å²) in [4.78, 5) is 2.56. The van der Waals surface area contributed by atoms with Gasteiger partial charge >= 0.3 is 0 Å². The molecule has 0 aromatic heterocycles. The minimum absolute atomic E-state index is 0.543. The van der Waals surface area contributed by atoms with Gasteiger partial charge in [-0.25, -0.2) is 0 Å². The highest BCUT2D eigenvalue weighted by Crippen LogP contribution is 2.28. The van der Waals surface area contributed by atoms with E-state index in [4.69, 9.17) is 4.74 Å². The van der Waals surface area contributed by atoms with E-state index in [2.05, 4.69) is 17.1 Å². The summed E-state index contributed by atoms with van der Waals surface area (Å²) in [5.41, 5.74) is 0. The predicted molar refractivity (Wildman–Crippen MR) is 49.1 cm³/mol. The molecule has 0 N–H and O–H groups in total. The largest absolute Gasteiger partial charge is 0.381 e. The first-order valence-corrected chi connectivity index (χ1v) is 4.82. The lowest BCUT2D eigenvalue weighted by molar-refractivity contribution is -0.0242. The maximum absolute atomic E-state index is 5.26. The van der Waals surface area contributed by atoms with Crippen molar-refractivity contribution in [1.82, 2.24) is 4.90 Å². The molecule has 0 saturated heterocycles. The fourth-order valence-corrected chi connectivity index (χ4v) is 2.02. The Morgan fingerprint density at radius 3 is 2.75 bits per heavy atom. The molecule has 0 aromatic carbocycles. The molecule has 12 heavy (non-hydrogen) atoms. The predicted octanol–water partition coefficient (Wildman–Crippen LogP) is 1.43. The summed E-state index contributed by atoms with van der Waals surface area (Å²) in [7, 11) is 1.82. The van der Waals surface area contributed by atoms with Crippen LogP contribution in [0, 0.1) is 0 Å². The van der Waals surface area contributed by atoms with Crippen molar-refractivity contribution in [3.63, 3.8) is 0 Å². The number of methoxy groups -OCH3 is 1. The lowest BCUT2D eigenvalue weighted by Crippen LogP contribution is -2.48. The molecule has 0 aromatic rings. The molecule has 2 nitrogen and oxygen atoms in total. The van der Waals surface area contributed by atoms with Crippen molar-refractivity contribution in [2.75, 3.05) is 20.2 Å². The Balaban J connectivity index is 1.76. The zero-order valence-corrected chi connectivity index (χ0v) is 7.70. The Kier molecular flexibility index (Phi) is 2.47. The second-order valence-electron chi connectivity index (χ2n) is 3.74. The molecule has 1 fully saturated rings. The van der Waals surface area contributed by atoms with Gasteiger partial charge in [-0.1, -0.05) is 12.2 Å². The first-order chi connectivity index (χ1) is 5.90. The average molecular weight is 167 g/mol. The SMILES string of the molecule is CO[C@H]1C[C@H](N2CC=CCC2)C1. The van der Waals surface area contributed by atoms with Crippen LogP contribution >= 0.6 is 0 Å². The topological polar surface area (TPSA) is 12.5 Å². The van der Waals surface area contributed by atoms with Crippen LogP contribution in [0.1, 0.15) is 19.3 Å². The summed E-state index contributed by atoms with van der Waals surface area (Å²) in [6.07, 6.45) is 8.82. The summed E-state index contributed by atoms with van der Waals surface area (Å²) in [5, 5.41) is 0. The standard InChI is InChI=1S/C10H17NO/c1-12-10-7-9(8-10)11-5-3-2-4-6-11/h2-3,9-10H,4-8H2,1H3/t9-,10-. The van der Waals surface area contributed by atoms with Gasteiger partial charge in [0.2, 0.25) is 0 Å². The van der Waals surface area contributed by atoms with E-state index in [1.54, 1.807) is 0 Å². The molecular formula is C10H17NO. The molecule has 1 aliphatic carbocycles. The van der Waals surface area contributed by atoms with Crippen LogP contribution in [0.3, 0.4) is 0 Å². The van der Waals surface area contributed by atoms with E-state index in [1.807, 2.05) is 7.11 Å². The number of nitrogens with zero attached hydrogens (tertiary/aromatic N) is 1. The maximum atomic E-state index is 5.26. The number of ether oxygens (including phenoxy) is 1. The van der Waals surface area contributed by atoms with Crippen molar-refractivity contribution < 1.29 is 4.74 Å². The molecule has 0 atom stereocenters. The molecular weight excluding hydrogens is 150 g/mol. The second-order valence-corrected chi connectivity index (χ2v) is 3.74. The van der Waals surface area contributed by atoms with Gasteiger partial charge in [0.1, 0.15) is 0 Å². The third-order valence-corrected chi connectivity index (χ3v) is 3.01. The van der Waals surface area contributed by atoms with Crippen LogP contribution < -0.4 is 0 Å². The van der Waals surface area contributed by atoms with Gasteiger partial charge in [0.25, 0.3) is 0 Å². The zero-order valence-electron chi connectivity index (χ0n) is 7.70. The van der Waals surface area contributed by atoms with Crippen molar-refractivity contribution >= 4 is 0 Å². The smallest absolute Gasteiger partial charge is 0.0601 e. The highest BCUT2D eigenvalue weighted by atomic mass is 16.5. The molecule has 2 heteroatoms. The van der Waals surface area contributed by atoms with Gasteiger partial charge in [-0.2, -0.15) is 0 Å². The number of hydrogen-bond donors (Lipinski definition) is 0. The van der Waals surface area contributed by atoms with Crippen LogP contribution in [0.25, 0.3) is 0 Å². The van der Waals surface area contributed by atoms with Crippen LogP contribution in [0.15, 0.2) is 12.2 Å². The normalized spacial score (nSPS) is 36.4. The minimum Gasteiger partial charge on any atom is -0.381 e. The maximum Gasteiger partial charge on any atom is 0.0601 e. The summed E-state index contributed by atoms with van der Waals surface area (Å²) >= 11 is 0. The summed E-state index contributed by atoms with van der Waals surface area (Å²) in [5.74, 6) is 0. The van der Waals surface area contributed by atoms with E-state index >= 15 is 0 Å². The van der Waals surface area contributed by atoms with Crippen LogP contribution in [-0.2, 0) is 4.74 Å². The highest BCUT2D eigenvalue weighted by Gasteiger charge is 2.33. The fraction of sp³-hybridized carbons (Fsp3) is 0.800. The quantitative estimate of drug-likeness (QED) is 0.577. The summed E-state index contributed by atoms with van der Waals surface area (Å²) in [6, 6.07) is 0.805. The van der Waals surface area contributed by atoms with E-state index in [1.165, 1.54) is 25.8 Å². The zero-order chi connectivity index (χ0) is 8.39. The van der Waals surface area contributed by atoms with E-state index in [0.29, 0.717) is 6.10 Å². The molecule has 1 heterocycles. The van der Waals surface area contributed by atoms with Crippen molar-refractivity contribution in [2.45, 2.75) is 31.4 Å². The van der Waals surface area contributed by atoms with Crippen molar-refractivity contribution in [3.05, 3.63) is 12.2 Å². The minimum atomic E-state index is 0.543. The Labute approximate surface area is 74.2 Å². The van der Waals surface area contributed by atoms with Crippen LogP contribution in [0.4, 0.5) is 0 Å². The van der Waals surface area contributed by atoms with Gasteiger partial charge in [-0.15, -0.1) is 0 Å². The number of rotatable bonds is 2. The lowest BCUT2D eigenvalue weighted by atomic mass is 9.87. The van der Waals surface area contributed by atoms with Gasteiger partial charge in [0.05, 0.1) is 6.10 Å². The molecule has 0 spiro atoms. The lowest BCUT2D eigenvalue weighted by Gasteiger charge is -2.42. The molecule has 2 rings (SSSR count). The van der Waals surface area contributed by atoms with E-state index in [0.717, 1.165) is 12.6 Å². The van der Waals surface area contributed by atoms with E-state index < -0.39 is 0 Å². The molecule has 0 unspecified atom stereocenters. The molecule has 0 radical (unpaired) electrons. The van der Waals surface area contributed by atoms with Crippen molar-refractivity contribution in [2.24, 2.45) is 0 Å². The van der Waals surface area contributed by atoms with Gasteiger partial charge in [-0.05, 0) is 19.3 Å². The van der Waals surface area contributed by atoms with Gasteiger partial charge in [0.15, 0.2) is 0 Å². The fourth-order valence-electron chi connectivity index (χ4n) is 2.02. The molecule has 0 bridgehead atoms.